The molecule has 1 saturated carbocycles. The van der Waals surface area contributed by atoms with Crippen LogP contribution in [0.15, 0.2) is 12.2 Å². The molecular weight excluding hydrogens is 266 g/mol. The highest BCUT2D eigenvalue weighted by molar-refractivity contribution is 6.18. The molecule has 21 heavy (non-hydrogen) atoms. The minimum Gasteiger partial charge on any atom is -0.353 e. The Labute approximate surface area is 126 Å². The van der Waals surface area contributed by atoms with Crippen molar-refractivity contribution in [2.75, 3.05) is 0 Å². The maximum absolute atomic E-state index is 11.9. The molecule has 0 saturated heterocycles. The quantitative estimate of drug-likeness (QED) is 0.792. The summed E-state index contributed by atoms with van der Waals surface area (Å²) >= 11 is 0. The van der Waals surface area contributed by atoms with Crippen LogP contribution in [0.2, 0.25) is 0 Å². The monoisotopic (exact) mass is 291 g/mol. The molecule has 0 radical (unpaired) electrons. The van der Waals surface area contributed by atoms with Crippen LogP contribution < -0.4 is 5.32 Å². The van der Waals surface area contributed by atoms with Gasteiger partial charge in [-0.15, -0.1) is 0 Å². The summed E-state index contributed by atoms with van der Waals surface area (Å²) in [5.74, 6) is -0.688. The summed E-state index contributed by atoms with van der Waals surface area (Å²) < 4.78 is 0. The second kappa shape index (κ2) is 8.11. The molecule has 4 heteroatoms. The van der Waals surface area contributed by atoms with Gasteiger partial charge in [-0.25, -0.2) is 0 Å². The van der Waals surface area contributed by atoms with Gasteiger partial charge in [0.25, 0.3) is 0 Å². The molecule has 1 fully saturated rings. The van der Waals surface area contributed by atoms with Gasteiger partial charge < -0.3 is 5.32 Å². The molecule has 0 heterocycles. The van der Waals surface area contributed by atoms with E-state index in [4.69, 9.17) is 0 Å². The molecule has 0 atom stereocenters. The number of carbonyl (C=O) groups excluding carboxylic acids is 3. The van der Waals surface area contributed by atoms with Crippen LogP contribution in [0.3, 0.4) is 0 Å². The van der Waals surface area contributed by atoms with Gasteiger partial charge in [-0.05, 0) is 37.8 Å². The molecule has 0 aromatic heterocycles. The fourth-order valence-corrected chi connectivity index (χ4v) is 3.19. The predicted molar refractivity (Wildman–Crippen MR) is 80.7 cm³/mol. The first-order valence-electron chi connectivity index (χ1n) is 8.22. The van der Waals surface area contributed by atoms with Gasteiger partial charge in [0.05, 0.1) is 5.92 Å². The lowest BCUT2D eigenvalue weighted by Gasteiger charge is -2.21. The summed E-state index contributed by atoms with van der Waals surface area (Å²) in [4.78, 5) is 34.8. The highest BCUT2D eigenvalue weighted by Gasteiger charge is 2.27. The van der Waals surface area contributed by atoms with E-state index < -0.39 is 5.92 Å². The Morgan fingerprint density at radius 2 is 1.57 bits per heavy atom. The van der Waals surface area contributed by atoms with Gasteiger partial charge in [0, 0.05) is 12.5 Å². The molecule has 2 aliphatic carbocycles. The van der Waals surface area contributed by atoms with E-state index in [0.29, 0.717) is 25.3 Å². The van der Waals surface area contributed by atoms with Gasteiger partial charge in [0.2, 0.25) is 5.91 Å². The van der Waals surface area contributed by atoms with Gasteiger partial charge in [-0.2, -0.15) is 0 Å². The van der Waals surface area contributed by atoms with Gasteiger partial charge in [-0.3, -0.25) is 14.4 Å². The standard InChI is InChI=1S/C17H25NO3/c19-15-11-12-16(20)14(15)9-6-10-17(21)18-13-7-4-2-1-3-5-8-13/h11-14H,1-10H2,(H,18,21). The first kappa shape index (κ1) is 15.9. The number of rotatable bonds is 5. The van der Waals surface area contributed by atoms with E-state index in [2.05, 4.69) is 5.32 Å². The lowest BCUT2D eigenvalue weighted by Crippen LogP contribution is -2.35. The fourth-order valence-electron chi connectivity index (χ4n) is 3.19. The van der Waals surface area contributed by atoms with Crippen LogP contribution in [-0.2, 0) is 14.4 Å². The predicted octanol–water partition coefficient (Wildman–Crippen LogP) is 2.71. The third-order valence-corrected chi connectivity index (χ3v) is 4.47. The Morgan fingerprint density at radius 3 is 2.19 bits per heavy atom. The number of hydrogen-bond acceptors (Lipinski definition) is 3. The van der Waals surface area contributed by atoms with E-state index in [1.165, 1.54) is 44.3 Å². The Hall–Kier alpha value is -1.45. The van der Waals surface area contributed by atoms with E-state index in [9.17, 15) is 14.4 Å². The molecule has 1 amide bonds. The van der Waals surface area contributed by atoms with Crippen molar-refractivity contribution >= 4 is 17.5 Å². The third kappa shape index (κ3) is 5.10. The molecule has 1 N–H and O–H groups in total. The number of carbonyl (C=O) groups is 3. The van der Waals surface area contributed by atoms with Gasteiger partial charge in [0.15, 0.2) is 11.6 Å². The van der Waals surface area contributed by atoms with Crippen LogP contribution >= 0.6 is 0 Å². The average Bonchev–Trinajstić information content (AvgIpc) is 2.73. The van der Waals surface area contributed by atoms with Crippen molar-refractivity contribution in [3.8, 4) is 0 Å². The van der Waals surface area contributed by atoms with Crippen molar-refractivity contribution in [1.82, 2.24) is 5.32 Å². The Kier molecular flexibility index (Phi) is 6.15. The number of ketones is 2. The maximum Gasteiger partial charge on any atom is 0.220 e. The van der Waals surface area contributed by atoms with Crippen molar-refractivity contribution in [3.05, 3.63) is 12.2 Å². The summed E-state index contributed by atoms with van der Waals surface area (Å²) in [7, 11) is 0. The average molecular weight is 291 g/mol. The molecule has 116 valence electrons. The zero-order valence-electron chi connectivity index (χ0n) is 12.6. The number of nitrogens with one attached hydrogen (secondary N) is 1. The van der Waals surface area contributed by atoms with Crippen LogP contribution in [0, 0.1) is 5.92 Å². The smallest absolute Gasteiger partial charge is 0.220 e. The fraction of sp³-hybridized carbons (Fsp3) is 0.706. The van der Waals surface area contributed by atoms with Crippen LogP contribution in [0.5, 0.6) is 0 Å². The van der Waals surface area contributed by atoms with Crippen LogP contribution in [0.25, 0.3) is 0 Å². The highest BCUT2D eigenvalue weighted by Crippen LogP contribution is 2.19. The van der Waals surface area contributed by atoms with E-state index in [0.717, 1.165) is 12.8 Å². The second-order valence-electron chi connectivity index (χ2n) is 6.19. The van der Waals surface area contributed by atoms with Crippen molar-refractivity contribution in [1.29, 1.82) is 0 Å². The maximum atomic E-state index is 11.9. The minimum absolute atomic E-state index is 0.0615. The Balaban J connectivity index is 1.65. The number of amides is 1. The lowest BCUT2D eigenvalue weighted by atomic mass is 9.96. The van der Waals surface area contributed by atoms with Crippen molar-refractivity contribution < 1.29 is 14.4 Å². The Bertz CT molecular complexity index is 402. The summed E-state index contributed by atoms with van der Waals surface area (Å²) in [6, 6.07) is 0.314. The molecule has 4 nitrogen and oxygen atoms in total. The summed E-state index contributed by atoms with van der Waals surface area (Å²) in [6.45, 7) is 0. The summed E-state index contributed by atoms with van der Waals surface area (Å²) in [6.07, 6.45) is 12.6. The van der Waals surface area contributed by atoms with E-state index in [1.54, 1.807) is 0 Å². The topological polar surface area (TPSA) is 63.2 Å². The van der Waals surface area contributed by atoms with Crippen LogP contribution in [-0.4, -0.2) is 23.5 Å². The van der Waals surface area contributed by atoms with Crippen molar-refractivity contribution in [3.63, 3.8) is 0 Å². The first-order valence-corrected chi connectivity index (χ1v) is 8.22. The van der Waals surface area contributed by atoms with Gasteiger partial charge in [-0.1, -0.05) is 32.1 Å². The number of hydrogen-bond donors (Lipinski definition) is 1. The summed E-state index contributed by atoms with van der Waals surface area (Å²) in [5.41, 5.74) is 0. The van der Waals surface area contributed by atoms with Gasteiger partial charge in [0.1, 0.15) is 0 Å². The van der Waals surface area contributed by atoms with E-state index in [1.807, 2.05) is 0 Å². The second-order valence-corrected chi connectivity index (χ2v) is 6.19. The highest BCUT2D eigenvalue weighted by atomic mass is 16.2. The van der Waals surface area contributed by atoms with E-state index in [-0.39, 0.29) is 17.5 Å². The molecule has 0 bridgehead atoms. The lowest BCUT2D eigenvalue weighted by molar-refractivity contribution is -0.127. The largest absolute Gasteiger partial charge is 0.353 e. The number of allylic oxidation sites excluding steroid dienone is 2. The minimum atomic E-state index is -0.529. The SMILES string of the molecule is O=C(CCCC1C(=O)C=CC1=O)NC1CCCCCCC1. The normalized spacial score (nSPS) is 21.3. The molecule has 2 rings (SSSR count). The van der Waals surface area contributed by atoms with Crippen molar-refractivity contribution in [2.24, 2.45) is 5.92 Å². The molecule has 0 aromatic carbocycles. The zero-order valence-corrected chi connectivity index (χ0v) is 12.6. The molecular formula is C17H25NO3. The van der Waals surface area contributed by atoms with Crippen LogP contribution in [0.4, 0.5) is 0 Å². The van der Waals surface area contributed by atoms with E-state index >= 15 is 0 Å². The van der Waals surface area contributed by atoms with Gasteiger partial charge >= 0.3 is 0 Å². The molecule has 0 aliphatic heterocycles. The Morgan fingerprint density at radius 1 is 1.00 bits per heavy atom. The molecule has 0 aromatic rings. The molecule has 0 spiro atoms. The summed E-state index contributed by atoms with van der Waals surface area (Å²) in [5, 5.41) is 3.11. The molecule has 0 unspecified atom stereocenters. The first-order chi connectivity index (χ1) is 10.2. The third-order valence-electron chi connectivity index (χ3n) is 4.47. The van der Waals surface area contributed by atoms with Crippen molar-refractivity contribution in [2.45, 2.75) is 70.3 Å². The zero-order chi connectivity index (χ0) is 15.1. The van der Waals surface area contributed by atoms with Crippen LogP contribution in [0.1, 0.15) is 64.2 Å². The molecule has 2 aliphatic rings.